The summed E-state index contributed by atoms with van der Waals surface area (Å²) in [6.07, 6.45) is 3.39. The molecule has 1 aliphatic heterocycles. The smallest absolute Gasteiger partial charge is 0.265 e. The third kappa shape index (κ3) is 5.01. The number of rotatable bonds is 6. The monoisotopic (exact) mass is 437 g/mol. The van der Waals surface area contributed by atoms with Crippen LogP contribution in [0.3, 0.4) is 0 Å². The van der Waals surface area contributed by atoms with Gasteiger partial charge in [-0.25, -0.2) is 0 Å². The first-order valence-electron chi connectivity index (χ1n) is 9.90. The van der Waals surface area contributed by atoms with Gasteiger partial charge in [0.15, 0.2) is 0 Å². The highest BCUT2D eigenvalue weighted by Gasteiger charge is 2.18. The Balaban J connectivity index is 1.43. The van der Waals surface area contributed by atoms with E-state index in [1.54, 1.807) is 55.9 Å². The van der Waals surface area contributed by atoms with E-state index in [1.807, 2.05) is 6.07 Å². The second-order valence-corrected chi connectivity index (χ2v) is 8.02. The van der Waals surface area contributed by atoms with Crippen LogP contribution in [0.5, 0.6) is 5.75 Å². The van der Waals surface area contributed by atoms with Gasteiger partial charge in [0, 0.05) is 37.9 Å². The van der Waals surface area contributed by atoms with Gasteiger partial charge in [0.25, 0.3) is 11.8 Å². The number of aromatic nitrogens is 1. The zero-order valence-electron chi connectivity index (χ0n) is 17.1. The Hall–Kier alpha value is -3.43. The van der Waals surface area contributed by atoms with Gasteiger partial charge in [-0.2, -0.15) is 0 Å². The lowest BCUT2D eigenvalue weighted by molar-refractivity contribution is 0.102. The lowest BCUT2D eigenvalue weighted by Gasteiger charge is -2.30. The Morgan fingerprint density at radius 1 is 1.10 bits per heavy atom. The van der Waals surface area contributed by atoms with Gasteiger partial charge in [0.1, 0.15) is 5.75 Å². The standard InChI is InChI=1S/C22H23N5O3S/c1-30-16-4-2-3-15(13-16)21(28)26-20-6-5-19(31-20)22(29)25-17-14-24-8-7-18(17)27-11-9-23-10-12-27/h2-8,13-14,23H,9-12H2,1H3,(H,25,29)(H,26,28). The van der Waals surface area contributed by atoms with E-state index in [1.165, 1.54) is 11.3 Å². The molecule has 1 aliphatic rings. The highest BCUT2D eigenvalue weighted by Crippen LogP contribution is 2.28. The predicted molar refractivity (Wildman–Crippen MR) is 123 cm³/mol. The summed E-state index contributed by atoms with van der Waals surface area (Å²) in [4.78, 5) is 32.2. The van der Waals surface area contributed by atoms with Crippen LogP contribution in [0.15, 0.2) is 54.9 Å². The lowest BCUT2D eigenvalue weighted by Crippen LogP contribution is -2.43. The van der Waals surface area contributed by atoms with Crippen molar-refractivity contribution in [1.82, 2.24) is 10.3 Å². The zero-order chi connectivity index (χ0) is 21.6. The maximum Gasteiger partial charge on any atom is 0.265 e. The van der Waals surface area contributed by atoms with E-state index in [-0.39, 0.29) is 11.8 Å². The van der Waals surface area contributed by atoms with Gasteiger partial charge in [-0.15, -0.1) is 11.3 Å². The number of anilines is 3. The minimum atomic E-state index is -0.263. The molecule has 3 N–H and O–H groups in total. The van der Waals surface area contributed by atoms with Crippen LogP contribution in [0.1, 0.15) is 20.0 Å². The number of carbonyl (C=O) groups excluding carboxylic acids is 2. The van der Waals surface area contributed by atoms with E-state index in [4.69, 9.17) is 4.74 Å². The number of nitrogens with zero attached hydrogens (tertiary/aromatic N) is 2. The molecule has 31 heavy (non-hydrogen) atoms. The third-order valence-electron chi connectivity index (χ3n) is 4.90. The maximum absolute atomic E-state index is 12.8. The SMILES string of the molecule is COc1cccc(C(=O)Nc2ccc(C(=O)Nc3cnccc3N3CCNCC3)s2)c1. The van der Waals surface area contributed by atoms with E-state index in [0.29, 0.717) is 26.9 Å². The summed E-state index contributed by atoms with van der Waals surface area (Å²) >= 11 is 1.22. The van der Waals surface area contributed by atoms with Crippen molar-refractivity contribution < 1.29 is 14.3 Å². The highest BCUT2D eigenvalue weighted by atomic mass is 32.1. The molecule has 3 aromatic rings. The Labute approximate surface area is 184 Å². The molecular formula is C22H23N5O3S. The molecule has 4 rings (SSSR count). The van der Waals surface area contributed by atoms with Crippen molar-refractivity contribution in [1.29, 1.82) is 0 Å². The van der Waals surface area contributed by atoms with Crippen LogP contribution in [-0.2, 0) is 0 Å². The first-order valence-corrected chi connectivity index (χ1v) is 10.7. The van der Waals surface area contributed by atoms with Crippen LogP contribution in [0.2, 0.25) is 0 Å². The van der Waals surface area contributed by atoms with E-state index in [2.05, 4.69) is 25.8 Å². The van der Waals surface area contributed by atoms with Crippen LogP contribution >= 0.6 is 11.3 Å². The van der Waals surface area contributed by atoms with Gasteiger partial charge >= 0.3 is 0 Å². The zero-order valence-corrected chi connectivity index (χ0v) is 17.9. The topological polar surface area (TPSA) is 95.6 Å². The number of ether oxygens (including phenoxy) is 1. The molecule has 0 unspecified atom stereocenters. The van der Waals surface area contributed by atoms with Crippen molar-refractivity contribution in [2.45, 2.75) is 0 Å². The first-order chi connectivity index (χ1) is 15.1. The first kappa shape index (κ1) is 20.8. The fourth-order valence-electron chi connectivity index (χ4n) is 3.32. The molecule has 0 bridgehead atoms. The van der Waals surface area contributed by atoms with Gasteiger partial charge in [0.2, 0.25) is 0 Å². The molecule has 9 heteroatoms. The fourth-order valence-corrected chi connectivity index (χ4v) is 4.12. The van der Waals surface area contributed by atoms with Gasteiger partial charge in [-0.3, -0.25) is 14.6 Å². The van der Waals surface area contributed by atoms with Crippen LogP contribution in [-0.4, -0.2) is 50.1 Å². The maximum atomic E-state index is 12.8. The number of methoxy groups -OCH3 is 1. The van der Waals surface area contributed by atoms with Gasteiger partial charge in [-0.1, -0.05) is 6.07 Å². The van der Waals surface area contributed by atoms with Crippen molar-refractivity contribution in [3.8, 4) is 5.75 Å². The van der Waals surface area contributed by atoms with Crippen molar-refractivity contribution >= 4 is 39.5 Å². The van der Waals surface area contributed by atoms with Crippen molar-refractivity contribution in [3.63, 3.8) is 0 Å². The average Bonchev–Trinajstić information content (AvgIpc) is 3.28. The summed E-state index contributed by atoms with van der Waals surface area (Å²) in [5.41, 5.74) is 2.10. The number of hydrogen-bond donors (Lipinski definition) is 3. The van der Waals surface area contributed by atoms with E-state index < -0.39 is 0 Å². The largest absolute Gasteiger partial charge is 0.497 e. The normalized spacial score (nSPS) is 13.5. The lowest BCUT2D eigenvalue weighted by atomic mass is 10.2. The Bertz CT molecular complexity index is 1080. The third-order valence-corrected chi connectivity index (χ3v) is 5.90. The van der Waals surface area contributed by atoms with Gasteiger partial charge in [-0.05, 0) is 36.4 Å². The van der Waals surface area contributed by atoms with Crippen LogP contribution < -0.4 is 25.6 Å². The van der Waals surface area contributed by atoms with Crippen molar-refractivity contribution in [2.75, 3.05) is 48.8 Å². The molecule has 1 fully saturated rings. The number of thiophene rings is 1. The molecule has 2 amide bonds. The number of nitrogens with one attached hydrogen (secondary N) is 3. The number of hydrogen-bond acceptors (Lipinski definition) is 7. The molecule has 0 saturated carbocycles. The summed E-state index contributed by atoms with van der Waals surface area (Å²) in [7, 11) is 1.55. The Morgan fingerprint density at radius 3 is 2.74 bits per heavy atom. The minimum Gasteiger partial charge on any atom is -0.497 e. The number of amides is 2. The molecular weight excluding hydrogens is 414 g/mol. The number of carbonyl (C=O) groups is 2. The summed E-state index contributed by atoms with van der Waals surface area (Å²) in [6, 6.07) is 12.2. The molecule has 2 aromatic heterocycles. The second-order valence-electron chi connectivity index (χ2n) is 6.93. The molecule has 0 aliphatic carbocycles. The minimum absolute atomic E-state index is 0.240. The van der Waals surface area contributed by atoms with Crippen LogP contribution in [0, 0.1) is 0 Å². The number of benzene rings is 1. The van der Waals surface area contributed by atoms with Crippen LogP contribution in [0.4, 0.5) is 16.4 Å². The van der Waals surface area contributed by atoms with E-state index >= 15 is 0 Å². The second kappa shape index (κ2) is 9.59. The molecule has 8 nitrogen and oxygen atoms in total. The molecule has 1 aromatic carbocycles. The van der Waals surface area contributed by atoms with E-state index in [9.17, 15) is 9.59 Å². The number of pyridine rings is 1. The average molecular weight is 438 g/mol. The number of piperazine rings is 1. The quantitative estimate of drug-likeness (QED) is 0.549. The molecule has 1 saturated heterocycles. The summed E-state index contributed by atoms with van der Waals surface area (Å²) in [5.74, 6) is 0.105. The van der Waals surface area contributed by atoms with E-state index in [0.717, 1.165) is 31.9 Å². The summed E-state index contributed by atoms with van der Waals surface area (Å²) in [6.45, 7) is 3.53. The molecule has 3 heterocycles. The van der Waals surface area contributed by atoms with Gasteiger partial charge in [0.05, 0.1) is 34.6 Å². The molecule has 0 spiro atoms. The molecule has 0 atom stereocenters. The van der Waals surface area contributed by atoms with Crippen LogP contribution in [0.25, 0.3) is 0 Å². The Kier molecular flexibility index (Phi) is 6.44. The summed E-state index contributed by atoms with van der Waals surface area (Å²) < 4.78 is 5.16. The highest BCUT2D eigenvalue weighted by molar-refractivity contribution is 7.18. The fraction of sp³-hybridized carbons (Fsp3) is 0.227. The molecule has 0 radical (unpaired) electrons. The summed E-state index contributed by atoms with van der Waals surface area (Å²) in [5, 5.41) is 9.70. The van der Waals surface area contributed by atoms with Gasteiger partial charge < -0.3 is 25.6 Å². The van der Waals surface area contributed by atoms with Crippen molar-refractivity contribution in [2.24, 2.45) is 0 Å². The predicted octanol–water partition coefficient (Wildman–Crippen LogP) is 3.07. The molecule has 160 valence electrons. The Morgan fingerprint density at radius 2 is 1.94 bits per heavy atom. The van der Waals surface area contributed by atoms with Crippen molar-refractivity contribution in [3.05, 3.63) is 65.3 Å².